The van der Waals surface area contributed by atoms with Crippen LogP contribution in [0, 0.1) is 20.8 Å². The van der Waals surface area contributed by atoms with E-state index in [4.69, 9.17) is 4.42 Å². The summed E-state index contributed by atoms with van der Waals surface area (Å²) >= 11 is 3.38. The number of nitrogens with zero attached hydrogens (tertiary/aromatic N) is 2. The smallest absolute Gasteiger partial charge is 0.257 e. The van der Waals surface area contributed by atoms with Crippen LogP contribution >= 0.6 is 23.1 Å². The van der Waals surface area contributed by atoms with Crippen LogP contribution in [-0.2, 0) is 0 Å². The van der Waals surface area contributed by atoms with Gasteiger partial charge in [-0.3, -0.25) is 0 Å². The molecular weight excluding hydrogens is 312 g/mol. The predicted molar refractivity (Wildman–Crippen MR) is 92.5 cm³/mol. The maximum Gasteiger partial charge on any atom is 0.257 e. The Morgan fingerprint density at radius 3 is 2.50 bits per heavy atom. The number of hydrogen-bond acceptors (Lipinski definition) is 5. The molecular formula is C17H18N2OS2. The van der Waals surface area contributed by atoms with E-state index in [0.29, 0.717) is 11.8 Å². The summed E-state index contributed by atoms with van der Waals surface area (Å²) in [4.78, 5) is 2.31. The lowest BCUT2D eigenvalue weighted by Crippen LogP contribution is -1.93. The number of aryl methyl sites for hydroxylation is 3. The Labute approximate surface area is 138 Å². The Balaban J connectivity index is 1.82. The van der Waals surface area contributed by atoms with E-state index < -0.39 is 0 Å². The standard InChI is InChI=1S/C17H18N2OS2/c1-10-8-11(2)15(12(3)9-10)22-13(4)16-18-19-17(20-16)14-6-5-7-21-14/h5-9,13H,1-4H3/t13-/m1/s1. The molecule has 114 valence electrons. The molecule has 22 heavy (non-hydrogen) atoms. The lowest BCUT2D eigenvalue weighted by Gasteiger charge is -2.13. The third kappa shape index (κ3) is 3.10. The lowest BCUT2D eigenvalue weighted by molar-refractivity contribution is 0.510. The molecule has 2 aromatic heterocycles. The van der Waals surface area contributed by atoms with Crippen molar-refractivity contribution in [2.24, 2.45) is 0 Å². The van der Waals surface area contributed by atoms with Gasteiger partial charge < -0.3 is 4.42 Å². The van der Waals surface area contributed by atoms with Gasteiger partial charge in [0.25, 0.3) is 5.89 Å². The normalized spacial score (nSPS) is 12.5. The Morgan fingerprint density at radius 1 is 1.14 bits per heavy atom. The zero-order chi connectivity index (χ0) is 15.7. The quantitative estimate of drug-likeness (QED) is 0.586. The summed E-state index contributed by atoms with van der Waals surface area (Å²) in [6.45, 7) is 8.54. The SMILES string of the molecule is Cc1cc(C)c(S[C@H](C)c2nnc(-c3cccs3)o2)c(C)c1. The summed E-state index contributed by atoms with van der Waals surface area (Å²) in [6.07, 6.45) is 0. The summed E-state index contributed by atoms with van der Waals surface area (Å²) in [5, 5.41) is 10.5. The highest BCUT2D eigenvalue weighted by molar-refractivity contribution is 7.99. The molecule has 5 heteroatoms. The Morgan fingerprint density at radius 2 is 1.86 bits per heavy atom. The molecule has 0 N–H and O–H groups in total. The van der Waals surface area contributed by atoms with Crippen LogP contribution in [0.4, 0.5) is 0 Å². The lowest BCUT2D eigenvalue weighted by atomic mass is 10.1. The molecule has 2 heterocycles. The number of hydrogen-bond donors (Lipinski definition) is 0. The molecule has 0 aliphatic rings. The number of thiophene rings is 1. The first-order valence-corrected chi connectivity index (χ1v) is 8.92. The van der Waals surface area contributed by atoms with Gasteiger partial charge in [0, 0.05) is 4.90 Å². The van der Waals surface area contributed by atoms with Crippen molar-refractivity contribution in [1.82, 2.24) is 10.2 Å². The average Bonchev–Trinajstić information content (AvgIpc) is 3.12. The topological polar surface area (TPSA) is 38.9 Å². The van der Waals surface area contributed by atoms with Crippen LogP contribution < -0.4 is 0 Å². The van der Waals surface area contributed by atoms with Crippen molar-refractivity contribution < 1.29 is 4.42 Å². The van der Waals surface area contributed by atoms with Gasteiger partial charge in [0.15, 0.2) is 0 Å². The van der Waals surface area contributed by atoms with Gasteiger partial charge in [-0.05, 0) is 50.3 Å². The van der Waals surface area contributed by atoms with E-state index in [1.165, 1.54) is 21.6 Å². The summed E-state index contributed by atoms with van der Waals surface area (Å²) in [5.74, 6) is 1.28. The molecule has 0 amide bonds. The number of thioether (sulfide) groups is 1. The molecule has 0 radical (unpaired) electrons. The van der Waals surface area contributed by atoms with Gasteiger partial charge in [-0.25, -0.2) is 0 Å². The van der Waals surface area contributed by atoms with E-state index in [1.54, 1.807) is 23.1 Å². The Kier molecular flexibility index (Phi) is 4.36. The molecule has 0 spiro atoms. The Hall–Kier alpha value is -1.59. The molecule has 3 aromatic rings. The summed E-state index contributed by atoms with van der Waals surface area (Å²) in [7, 11) is 0. The van der Waals surface area contributed by atoms with Crippen LogP contribution in [0.5, 0.6) is 0 Å². The van der Waals surface area contributed by atoms with E-state index in [0.717, 1.165) is 4.88 Å². The fourth-order valence-corrected chi connectivity index (χ4v) is 4.16. The maximum absolute atomic E-state index is 5.83. The molecule has 0 bridgehead atoms. The molecule has 3 nitrogen and oxygen atoms in total. The largest absolute Gasteiger partial charge is 0.419 e. The molecule has 0 unspecified atom stereocenters. The van der Waals surface area contributed by atoms with Gasteiger partial charge in [0.2, 0.25) is 5.89 Å². The molecule has 0 aliphatic carbocycles. The predicted octanol–water partition coefficient (Wildman–Crippen LogP) is 5.58. The van der Waals surface area contributed by atoms with Gasteiger partial charge in [0.1, 0.15) is 0 Å². The van der Waals surface area contributed by atoms with Crippen LogP contribution in [0.25, 0.3) is 10.8 Å². The zero-order valence-electron chi connectivity index (χ0n) is 13.1. The highest BCUT2D eigenvalue weighted by Crippen LogP contribution is 2.39. The van der Waals surface area contributed by atoms with E-state index >= 15 is 0 Å². The van der Waals surface area contributed by atoms with Gasteiger partial charge in [-0.2, -0.15) is 0 Å². The van der Waals surface area contributed by atoms with Crippen LogP contribution in [0.3, 0.4) is 0 Å². The van der Waals surface area contributed by atoms with Crippen molar-refractivity contribution in [2.45, 2.75) is 37.8 Å². The average molecular weight is 330 g/mol. The molecule has 1 aromatic carbocycles. The first-order valence-electron chi connectivity index (χ1n) is 7.16. The van der Waals surface area contributed by atoms with Crippen molar-refractivity contribution in [2.75, 3.05) is 0 Å². The second-order valence-electron chi connectivity index (χ2n) is 5.41. The number of rotatable bonds is 4. The van der Waals surface area contributed by atoms with E-state index in [9.17, 15) is 0 Å². The van der Waals surface area contributed by atoms with Crippen molar-refractivity contribution in [3.05, 3.63) is 52.2 Å². The summed E-state index contributed by atoms with van der Waals surface area (Å²) in [5.41, 5.74) is 3.89. The van der Waals surface area contributed by atoms with Gasteiger partial charge in [-0.15, -0.1) is 33.3 Å². The molecule has 1 atom stereocenters. The third-order valence-corrected chi connectivity index (χ3v) is 5.71. The van der Waals surface area contributed by atoms with Crippen LogP contribution in [0.1, 0.15) is 34.8 Å². The second kappa shape index (κ2) is 6.26. The molecule has 0 saturated heterocycles. The highest BCUT2D eigenvalue weighted by atomic mass is 32.2. The van der Waals surface area contributed by atoms with Crippen molar-refractivity contribution >= 4 is 23.1 Å². The first-order chi connectivity index (χ1) is 10.5. The van der Waals surface area contributed by atoms with Crippen molar-refractivity contribution in [3.8, 4) is 10.8 Å². The number of benzene rings is 1. The monoisotopic (exact) mass is 330 g/mol. The molecule has 0 fully saturated rings. The maximum atomic E-state index is 5.83. The van der Waals surface area contributed by atoms with Crippen molar-refractivity contribution in [1.29, 1.82) is 0 Å². The third-order valence-electron chi connectivity index (χ3n) is 3.42. The number of aromatic nitrogens is 2. The van der Waals surface area contributed by atoms with Crippen LogP contribution in [0.15, 0.2) is 39.0 Å². The van der Waals surface area contributed by atoms with E-state index in [1.807, 2.05) is 17.5 Å². The fraction of sp³-hybridized carbons (Fsp3) is 0.294. The minimum Gasteiger partial charge on any atom is -0.419 e. The van der Waals surface area contributed by atoms with Gasteiger partial charge in [-0.1, -0.05) is 23.8 Å². The molecule has 0 aliphatic heterocycles. The highest BCUT2D eigenvalue weighted by Gasteiger charge is 2.18. The Bertz CT molecular complexity index is 755. The molecule has 0 saturated carbocycles. The second-order valence-corrected chi connectivity index (χ2v) is 7.71. The van der Waals surface area contributed by atoms with Crippen LogP contribution in [0.2, 0.25) is 0 Å². The first kappa shape index (κ1) is 15.3. The van der Waals surface area contributed by atoms with E-state index in [-0.39, 0.29) is 5.25 Å². The van der Waals surface area contributed by atoms with Gasteiger partial charge >= 0.3 is 0 Å². The summed E-state index contributed by atoms with van der Waals surface area (Å²) in [6, 6.07) is 8.41. The van der Waals surface area contributed by atoms with E-state index in [2.05, 4.69) is 50.0 Å². The molecule has 3 rings (SSSR count). The van der Waals surface area contributed by atoms with Crippen LogP contribution in [-0.4, -0.2) is 10.2 Å². The summed E-state index contributed by atoms with van der Waals surface area (Å²) < 4.78 is 5.83. The zero-order valence-corrected chi connectivity index (χ0v) is 14.7. The minimum atomic E-state index is 0.126. The minimum absolute atomic E-state index is 0.126. The fourth-order valence-electron chi connectivity index (χ4n) is 2.48. The van der Waals surface area contributed by atoms with Gasteiger partial charge in [0.05, 0.1) is 10.1 Å². The van der Waals surface area contributed by atoms with Crippen molar-refractivity contribution in [3.63, 3.8) is 0 Å².